The van der Waals surface area contributed by atoms with Crippen molar-refractivity contribution in [2.45, 2.75) is 17.8 Å². The number of hydrogen-bond donors (Lipinski definition) is 0. The fourth-order valence-corrected chi connectivity index (χ4v) is 11.2. The van der Waals surface area contributed by atoms with Gasteiger partial charge in [0.05, 0.1) is 10.8 Å². The molecular weight excluding hydrogens is 753 g/mol. The van der Waals surface area contributed by atoms with E-state index in [1.165, 1.54) is 23.3 Å². The maximum Gasteiger partial charge on any atom is 0.132 e. The molecule has 0 aromatic heterocycles. The molecule has 0 saturated heterocycles. The van der Waals surface area contributed by atoms with Crippen molar-refractivity contribution in [3.8, 4) is 44.9 Å². The zero-order valence-corrected chi connectivity index (χ0v) is 33.3. The maximum atomic E-state index is 15.6. The van der Waals surface area contributed by atoms with E-state index in [1.807, 2.05) is 61.5 Å². The second-order valence-corrected chi connectivity index (χ2v) is 16.2. The van der Waals surface area contributed by atoms with E-state index in [2.05, 4.69) is 127 Å². The lowest BCUT2D eigenvalue weighted by molar-refractivity contribution is 0.436. The van der Waals surface area contributed by atoms with Crippen molar-refractivity contribution in [1.29, 1.82) is 0 Å². The number of anilines is 2. The van der Waals surface area contributed by atoms with E-state index >= 15 is 8.78 Å². The molecule has 0 bridgehead atoms. The number of fused-ring (bicyclic) bond motifs is 19. The highest BCUT2D eigenvalue weighted by molar-refractivity contribution is 5.97. The average molecular weight is 790 g/mol. The van der Waals surface area contributed by atoms with Crippen molar-refractivity contribution >= 4 is 11.4 Å². The topological polar surface area (TPSA) is 12.5 Å². The number of rotatable bonds is 5. The summed E-state index contributed by atoms with van der Waals surface area (Å²) in [4.78, 5) is 2.28. The Bertz CT molecular complexity index is 3170. The van der Waals surface area contributed by atoms with Crippen LogP contribution in [0.3, 0.4) is 0 Å². The van der Waals surface area contributed by atoms with Crippen molar-refractivity contribution in [2.24, 2.45) is 0 Å². The molecule has 0 unspecified atom stereocenters. The van der Waals surface area contributed by atoms with E-state index in [4.69, 9.17) is 4.74 Å². The van der Waals surface area contributed by atoms with Gasteiger partial charge in [0.1, 0.15) is 23.1 Å². The second-order valence-electron chi connectivity index (χ2n) is 16.2. The normalized spacial score (nSPS) is 15.0. The zero-order chi connectivity index (χ0) is 41.0. The van der Waals surface area contributed by atoms with Crippen molar-refractivity contribution < 1.29 is 13.5 Å². The summed E-state index contributed by atoms with van der Waals surface area (Å²) < 4.78 is 37.8. The highest BCUT2D eigenvalue weighted by Crippen LogP contribution is 2.65. The second kappa shape index (κ2) is 13.0. The molecule has 2 nitrogen and oxygen atoms in total. The Morgan fingerprint density at radius 1 is 0.475 bits per heavy atom. The number of allylic oxidation sites excluding steroid dienone is 4. The van der Waals surface area contributed by atoms with Gasteiger partial charge in [0, 0.05) is 28.2 Å². The Hall–Kier alpha value is -7.56. The minimum atomic E-state index is -0.954. The van der Waals surface area contributed by atoms with Crippen molar-refractivity contribution in [1.82, 2.24) is 0 Å². The minimum Gasteiger partial charge on any atom is -0.457 e. The van der Waals surface area contributed by atoms with Crippen LogP contribution in [0.5, 0.6) is 11.5 Å². The molecule has 4 aliphatic rings. The molecule has 1 aliphatic heterocycles. The number of halogens is 2. The summed E-state index contributed by atoms with van der Waals surface area (Å²) >= 11 is 0. The lowest BCUT2D eigenvalue weighted by Crippen LogP contribution is -2.32. The number of nitrogens with zero attached hydrogens (tertiary/aromatic N) is 1. The monoisotopic (exact) mass is 789 g/mol. The Morgan fingerprint density at radius 3 is 1.34 bits per heavy atom. The van der Waals surface area contributed by atoms with Crippen LogP contribution in [0.2, 0.25) is 0 Å². The molecule has 0 atom stereocenters. The van der Waals surface area contributed by atoms with Crippen molar-refractivity contribution in [2.75, 3.05) is 4.90 Å². The van der Waals surface area contributed by atoms with Gasteiger partial charge >= 0.3 is 0 Å². The first-order chi connectivity index (χ1) is 30.0. The summed E-state index contributed by atoms with van der Waals surface area (Å²) in [6.45, 7) is 6.16. The predicted octanol–water partition coefficient (Wildman–Crippen LogP) is 14.6. The molecule has 2 spiro atoms. The zero-order valence-electron chi connectivity index (χ0n) is 33.3. The summed E-state index contributed by atoms with van der Waals surface area (Å²) in [5, 5.41) is 0. The molecule has 4 heteroatoms. The SMILES string of the molecule is C=C/C=C(\C=C/C)N(c1ccc2c(c1)C1(c3ccccc3Oc3ccccc31)c1ccccc1-2)c1ccc2c(c1)C1(c3ccccc3-2)c2cc(F)ccc2-c2ccc(F)cc21. The molecule has 0 fully saturated rings. The van der Waals surface area contributed by atoms with Gasteiger partial charge in [-0.3, -0.25) is 0 Å². The lowest BCUT2D eigenvalue weighted by atomic mass is 9.66. The van der Waals surface area contributed by atoms with Crippen LogP contribution in [0.4, 0.5) is 20.2 Å². The first-order valence-electron chi connectivity index (χ1n) is 20.7. The fourth-order valence-electron chi connectivity index (χ4n) is 11.2. The van der Waals surface area contributed by atoms with E-state index in [0.29, 0.717) is 0 Å². The van der Waals surface area contributed by atoms with E-state index < -0.39 is 10.8 Å². The Morgan fingerprint density at radius 2 is 0.869 bits per heavy atom. The minimum absolute atomic E-state index is 0.330. The number of benzene rings is 8. The maximum absolute atomic E-state index is 15.6. The van der Waals surface area contributed by atoms with Crippen LogP contribution in [0.15, 0.2) is 206 Å². The van der Waals surface area contributed by atoms with Gasteiger partial charge in [0.25, 0.3) is 0 Å². The molecule has 12 rings (SSSR count). The Labute approximate surface area is 353 Å². The molecule has 61 heavy (non-hydrogen) atoms. The highest BCUT2D eigenvalue weighted by Gasteiger charge is 2.53. The number of hydrogen-bond acceptors (Lipinski definition) is 2. The highest BCUT2D eigenvalue weighted by atomic mass is 19.1. The van der Waals surface area contributed by atoms with Crippen LogP contribution in [0.25, 0.3) is 33.4 Å². The average Bonchev–Trinajstić information content (AvgIpc) is 3.86. The first kappa shape index (κ1) is 35.4. The number of para-hydroxylation sites is 2. The van der Waals surface area contributed by atoms with E-state index in [9.17, 15) is 0 Å². The number of ether oxygens (including phenoxy) is 1. The van der Waals surface area contributed by atoms with E-state index in [0.717, 1.165) is 95.3 Å². The lowest BCUT2D eigenvalue weighted by Gasteiger charge is -2.39. The van der Waals surface area contributed by atoms with Gasteiger partial charge < -0.3 is 9.64 Å². The Kier molecular flexibility index (Phi) is 7.52. The quantitative estimate of drug-likeness (QED) is 0.161. The third-order valence-electron chi connectivity index (χ3n) is 13.3. The third kappa shape index (κ3) is 4.59. The van der Waals surface area contributed by atoms with Gasteiger partial charge in [-0.05, 0) is 147 Å². The molecular formula is C57H37F2NO. The fraction of sp³-hybridized carbons (Fsp3) is 0.0526. The molecule has 0 saturated carbocycles. The van der Waals surface area contributed by atoms with Gasteiger partial charge in [-0.15, -0.1) is 0 Å². The van der Waals surface area contributed by atoms with Crippen LogP contribution in [0.1, 0.15) is 51.4 Å². The van der Waals surface area contributed by atoms with Crippen LogP contribution < -0.4 is 9.64 Å². The van der Waals surface area contributed by atoms with Gasteiger partial charge in [-0.2, -0.15) is 0 Å². The molecule has 0 N–H and O–H groups in total. The largest absolute Gasteiger partial charge is 0.457 e. The summed E-state index contributed by atoms with van der Waals surface area (Å²) in [5.74, 6) is 1.01. The smallest absolute Gasteiger partial charge is 0.132 e. The molecule has 1 heterocycles. The molecule has 0 radical (unpaired) electrons. The molecule has 0 amide bonds. The molecule has 8 aromatic rings. The van der Waals surface area contributed by atoms with Crippen molar-refractivity contribution in [3.05, 3.63) is 263 Å². The van der Waals surface area contributed by atoms with Gasteiger partial charge in [0.2, 0.25) is 0 Å². The molecule has 8 aromatic carbocycles. The van der Waals surface area contributed by atoms with Gasteiger partial charge in [0.15, 0.2) is 0 Å². The third-order valence-corrected chi connectivity index (χ3v) is 13.3. The van der Waals surface area contributed by atoms with Crippen LogP contribution in [-0.4, -0.2) is 0 Å². The molecule has 290 valence electrons. The molecule has 3 aliphatic carbocycles. The first-order valence-corrected chi connectivity index (χ1v) is 20.7. The van der Waals surface area contributed by atoms with Gasteiger partial charge in [-0.25, -0.2) is 8.78 Å². The summed E-state index contributed by atoms with van der Waals surface area (Å²) in [5.41, 5.74) is 15.6. The van der Waals surface area contributed by atoms with Crippen LogP contribution in [-0.2, 0) is 10.8 Å². The van der Waals surface area contributed by atoms with Crippen molar-refractivity contribution in [3.63, 3.8) is 0 Å². The Balaban J connectivity index is 1.14. The van der Waals surface area contributed by atoms with Gasteiger partial charge in [-0.1, -0.05) is 128 Å². The standard InChI is InChI=1S/C57H37F2NO/c1-3-13-37(14-4-2)60(38-25-29-44-40-15-5-7-17-46(40)56(52(44)33-38)48-19-9-11-21-54(48)61-55-22-12-10-20-49(55)56)39-26-30-45-41-16-6-8-18-47(41)57(53(45)34-39)50-31-35(58)23-27-42(50)43-28-24-36(59)32-51(43)57/h3-34H,1H2,2H3/b14-4-,37-13+. The summed E-state index contributed by atoms with van der Waals surface area (Å²) in [6.07, 6.45) is 7.98. The predicted molar refractivity (Wildman–Crippen MR) is 242 cm³/mol. The van der Waals surface area contributed by atoms with E-state index in [1.54, 1.807) is 12.1 Å². The summed E-state index contributed by atoms with van der Waals surface area (Å²) in [6, 6.07) is 57.2. The van der Waals surface area contributed by atoms with Crippen LogP contribution >= 0.6 is 0 Å². The van der Waals surface area contributed by atoms with Crippen LogP contribution in [0, 0.1) is 11.6 Å². The summed E-state index contributed by atoms with van der Waals surface area (Å²) in [7, 11) is 0. The van der Waals surface area contributed by atoms with E-state index in [-0.39, 0.29) is 11.6 Å².